The molecule has 2 unspecified atom stereocenters. The Labute approximate surface area is 197 Å². The van der Waals surface area contributed by atoms with E-state index in [9.17, 15) is 31.2 Å². The molecule has 5 rings (SSSR count). The Balaban J connectivity index is 1.41. The van der Waals surface area contributed by atoms with E-state index < -0.39 is 37.6 Å². The number of alkyl halides is 3. The van der Waals surface area contributed by atoms with Crippen LogP contribution >= 0.6 is 0 Å². The molecule has 4 N–H and O–H groups in total. The second-order valence-corrected chi connectivity index (χ2v) is 12.6. The number of sulfonamides is 1. The molecule has 7 nitrogen and oxygen atoms in total. The van der Waals surface area contributed by atoms with Gasteiger partial charge in [-0.05, 0) is 81.9 Å². The first-order valence-corrected chi connectivity index (χ1v) is 12.9. The highest BCUT2D eigenvalue weighted by atomic mass is 32.2. The van der Waals surface area contributed by atoms with Gasteiger partial charge >= 0.3 is 6.18 Å². The number of primary amides is 1. The normalized spacial score (nSPS) is 30.9. The van der Waals surface area contributed by atoms with Crippen LogP contribution in [0.4, 0.5) is 13.2 Å². The number of amides is 2. The molecule has 1 aromatic carbocycles. The van der Waals surface area contributed by atoms with E-state index in [-0.39, 0.29) is 36.1 Å². The van der Waals surface area contributed by atoms with Crippen molar-refractivity contribution in [2.45, 2.75) is 75.0 Å². The minimum Gasteiger partial charge on any atom is -0.369 e. The van der Waals surface area contributed by atoms with Crippen molar-refractivity contribution in [1.82, 2.24) is 10.0 Å². The average Bonchev–Trinajstić information content (AvgIpc) is 2.68. The topological polar surface area (TPSA) is 118 Å². The summed E-state index contributed by atoms with van der Waals surface area (Å²) in [5.41, 5.74) is 2.93. The van der Waals surface area contributed by atoms with Gasteiger partial charge in [-0.25, -0.2) is 13.1 Å². The van der Waals surface area contributed by atoms with Gasteiger partial charge in [-0.3, -0.25) is 9.59 Å². The molecule has 4 fully saturated rings. The number of rotatable bonds is 7. The Bertz CT molecular complexity index is 1090. The fourth-order valence-electron chi connectivity index (χ4n) is 6.50. The summed E-state index contributed by atoms with van der Waals surface area (Å²) in [4.78, 5) is 24.5. The number of carbonyl (C=O) groups is 2. The van der Waals surface area contributed by atoms with Crippen molar-refractivity contribution in [3.63, 3.8) is 0 Å². The molecule has 188 valence electrons. The van der Waals surface area contributed by atoms with E-state index in [1.807, 2.05) is 0 Å². The molecule has 11 heteroatoms. The van der Waals surface area contributed by atoms with Crippen LogP contribution in [0.2, 0.25) is 0 Å². The first-order chi connectivity index (χ1) is 15.6. The van der Waals surface area contributed by atoms with Crippen LogP contribution in [0.5, 0.6) is 0 Å². The van der Waals surface area contributed by atoms with Gasteiger partial charge in [-0.2, -0.15) is 13.2 Å². The van der Waals surface area contributed by atoms with Crippen molar-refractivity contribution in [2.75, 3.05) is 0 Å². The zero-order chi connectivity index (χ0) is 25.1. The number of hydrogen-bond acceptors (Lipinski definition) is 4. The lowest BCUT2D eigenvalue weighted by molar-refractivity contribution is -0.147. The minimum atomic E-state index is -4.67. The largest absolute Gasteiger partial charge is 0.416 e. The molecule has 2 atom stereocenters. The van der Waals surface area contributed by atoms with Crippen LogP contribution in [0.15, 0.2) is 29.2 Å². The zero-order valence-electron chi connectivity index (χ0n) is 19.1. The van der Waals surface area contributed by atoms with Gasteiger partial charge in [0.2, 0.25) is 21.8 Å². The molecular formula is C23H30F3N3O4S. The number of nitrogens with two attached hydrogens (primary N) is 1. The van der Waals surface area contributed by atoms with Crippen LogP contribution in [0, 0.1) is 23.2 Å². The molecule has 4 aliphatic rings. The van der Waals surface area contributed by atoms with Gasteiger partial charge in [0, 0.05) is 23.4 Å². The molecule has 1 aromatic rings. The van der Waals surface area contributed by atoms with Crippen molar-refractivity contribution < 1.29 is 31.2 Å². The van der Waals surface area contributed by atoms with Gasteiger partial charge in [0.15, 0.2) is 0 Å². The van der Waals surface area contributed by atoms with Crippen LogP contribution in [-0.2, 0) is 25.8 Å². The SMILES string of the molecule is CC(C)(CC(=O)NC1C2CC3CC1CC(C(N)=O)(C3)C2)NS(=O)(=O)c1cccc(C(F)(F)F)c1. The Morgan fingerprint density at radius 2 is 1.74 bits per heavy atom. The van der Waals surface area contributed by atoms with Crippen molar-refractivity contribution in [2.24, 2.45) is 28.9 Å². The number of halogens is 3. The third kappa shape index (κ3) is 4.82. The highest BCUT2D eigenvalue weighted by Gasteiger charge is 2.58. The van der Waals surface area contributed by atoms with Crippen LogP contribution < -0.4 is 15.8 Å². The van der Waals surface area contributed by atoms with E-state index in [0.29, 0.717) is 24.8 Å². The summed E-state index contributed by atoms with van der Waals surface area (Å²) in [7, 11) is -4.29. The molecule has 4 bridgehead atoms. The molecular weight excluding hydrogens is 471 g/mol. The summed E-state index contributed by atoms with van der Waals surface area (Å²) in [6, 6.07) is 3.39. The molecule has 0 heterocycles. The Kier molecular flexibility index (Phi) is 6.04. The van der Waals surface area contributed by atoms with Gasteiger partial charge in [0.05, 0.1) is 10.5 Å². The lowest BCUT2D eigenvalue weighted by atomic mass is 9.47. The fourth-order valence-corrected chi connectivity index (χ4v) is 7.96. The van der Waals surface area contributed by atoms with Crippen molar-refractivity contribution in [1.29, 1.82) is 0 Å². The Morgan fingerprint density at radius 3 is 2.29 bits per heavy atom. The number of benzene rings is 1. The predicted octanol–water partition coefficient (Wildman–Crippen LogP) is 2.95. The summed E-state index contributed by atoms with van der Waals surface area (Å²) >= 11 is 0. The minimum absolute atomic E-state index is 0.0904. The van der Waals surface area contributed by atoms with Crippen LogP contribution in [-0.4, -0.2) is 31.8 Å². The standard InChI is InChI=1S/C23H30F3N3O4S/c1-21(2,29-34(32,33)17-5-3-4-16(8-17)23(24,25)26)12-18(30)28-19-14-6-13-7-15(19)11-22(9-13,10-14)20(27)31/h3-5,8,13-15,19,29H,6-7,9-12H2,1-2H3,(H2,27,31)(H,28,30). The number of nitrogens with one attached hydrogen (secondary N) is 2. The van der Waals surface area contributed by atoms with E-state index in [0.717, 1.165) is 37.5 Å². The van der Waals surface area contributed by atoms with Crippen molar-refractivity contribution in [3.8, 4) is 0 Å². The summed E-state index contributed by atoms with van der Waals surface area (Å²) in [5, 5.41) is 3.05. The monoisotopic (exact) mass is 501 g/mol. The summed E-state index contributed by atoms with van der Waals surface area (Å²) in [6.45, 7) is 3.02. The van der Waals surface area contributed by atoms with Gasteiger partial charge in [0.25, 0.3) is 0 Å². The molecule has 0 aromatic heterocycles. The molecule has 34 heavy (non-hydrogen) atoms. The zero-order valence-corrected chi connectivity index (χ0v) is 19.9. The average molecular weight is 502 g/mol. The second-order valence-electron chi connectivity index (χ2n) is 10.9. The molecule has 0 spiro atoms. The van der Waals surface area contributed by atoms with Crippen molar-refractivity contribution >= 4 is 21.8 Å². The molecule has 2 amide bonds. The summed E-state index contributed by atoms with van der Waals surface area (Å²) in [5.74, 6) is 0.151. The molecule has 4 saturated carbocycles. The highest BCUT2D eigenvalue weighted by Crippen LogP contribution is 2.59. The predicted molar refractivity (Wildman–Crippen MR) is 118 cm³/mol. The molecule has 0 saturated heterocycles. The number of carbonyl (C=O) groups excluding carboxylic acids is 2. The maximum Gasteiger partial charge on any atom is 0.416 e. The van der Waals surface area contributed by atoms with E-state index >= 15 is 0 Å². The van der Waals surface area contributed by atoms with Crippen LogP contribution in [0.25, 0.3) is 0 Å². The van der Waals surface area contributed by atoms with Gasteiger partial charge in [-0.1, -0.05) is 6.07 Å². The second kappa shape index (κ2) is 8.22. The fraction of sp³-hybridized carbons (Fsp3) is 0.652. The quantitative estimate of drug-likeness (QED) is 0.532. The van der Waals surface area contributed by atoms with E-state index in [1.165, 1.54) is 13.8 Å². The molecule has 0 radical (unpaired) electrons. The van der Waals surface area contributed by atoms with Crippen LogP contribution in [0.3, 0.4) is 0 Å². The maximum absolute atomic E-state index is 13.0. The van der Waals surface area contributed by atoms with E-state index in [1.54, 1.807) is 0 Å². The van der Waals surface area contributed by atoms with Gasteiger partial charge in [-0.15, -0.1) is 0 Å². The lowest BCUT2D eigenvalue weighted by Gasteiger charge is -2.58. The third-order valence-electron chi connectivity index (χ3n) is 7.61. The van der Waals surface area contributed by atoms with Gasteiger partial charge in [0.1, 0.15) is 0 Å². The maximum atomic E-state index is 13.0. The van der Waals surface area contributed by atoms with E-state index in [2.05, 4.69) is 10.0 Å². The Morgan fingerprint density at radius 1 is 1.12 bits per heavy atom. The first-order valence-electron chi connectivity index (χ1n) is 11.4. The summed E-state index contributed by atoms with van der Waals surface area (Å²) in [6.07, 6.45) is -0.861. The molecule has 4 aliphatic carbocycles. The molecule has 0 aliphatic heterocycles. The third-order valence-corrected chi connectivity index (χ3v) is 9.30. The number of hydrogen-bond donors (Lipinski definition) is 3. The smallest absolute Gasteiger partial charge is 0.369 e. The Hall–Kier alpha value is -2.14. The summed E-state index contributed by atoms with van der Waals surface area (Å²) < 4.78 is 66.8. The lowest BCUT2D eigenvalue weighted by Crippen LogP contribution is -2.62. The van der Waals surface area contributed by atoms with Gasteiger partial charge < -0.3 is 11.1 Å². The van der Waals surface area contributed by atoms with Crippen LogP contribution in [0.1, 0.15) is 57.9 Å². The van der Waals surface area contributed by atoms with Crippen molar-refractivity contribution in [3.05, 3.63) is 29.8 Å². The van der Waals surface area contributed by atoms with E-state index in [4.69, 9.17) is 5.73 Å². The highest BCUT2D eigenvalue weighted by molar-refractivity contribution is 7.89. The first kappa shape index (κ1) is 25.0.